The fraction of sp³-hybridized carbons (Fsp3) is 0.455. The number of fused-ring (bicyclic) bond motifs is 1. The summed E-state index contributed by atoms with van der Waals surface area (Å²) in [5, 5.41) is 0. The zero-order chi connectivity index (χ0) is 17.6. The fourth-order valence-electron chi connectivity index (χ4n) is 4.23. The first-order chi connectivity index (χ1) is 12.0. The molecule has 4 rings (SSSR count). The van der Waals surface area contributed by atoms with Crippen LogP contribution in [0.25, 0.3) is 0 Å². The van der Waals surface area contributed by atoms with E-state index in [0.29, 0.717) is 11.8 Å². The van der Waals surface area contributed by atoms with Gasteiger partial charge >= 0.3 is 0 Å². The van der Waals surface area contributed by atoms with Crippen molar-refractivity contribution in [2.45, 2.75) is 52.7 Å². The maximum atomic E-state index is 6.58. The van der Waals surface area contributed by atoms with Gasteiger partial charge in [0.1, 0.15) is 5.75 Å². The molecular weight excluding hydrogens is 308 g/mol. The summed E-state index contributed by atoms with van der Waals surface area (Å²) in [5.41, 5.74) is 4.99. The van der Waals surface area contributed by atoms with Crippen LogP contribution in [0.3, 0.4) is 0 Å². The molecule has 1 aromatic carbocycles. The third kappa shape index (κ3) is 2.57. The summed E-state index contributed by atoms with van der Waals surface area (Å²) in [6, 6.07) is 10.5. The number of rotatable bonds is 1. The van der Waals surface area contributed by atoms with Gasteiger partial charge in [-0.3, -0.25) is 4.98 Å². The van der Waals surface area contributed by atoms with Crippen molar-refractivity contribution in [3.63, 3.8) is 0 Å². The maximum absolute atomic E-state index is 6.58. The Morgan fingerprint density at radius 2 is 1.80 bits per heavy atom. The number of benzene rings is 1. The third-order valence-corrected chi connectivity index (χ3v) is 6.00. The summed E-state index contributed by atoms with van der Waals surface area (Å²) in [6.45, 7) is 8.72. The number of para-hydroxylation sites is 1. The van der Waals surface area contributed by atoms with Gasteiger partial charge < -0.3 is 4.74 Å². The van der Waals surface area contributed by atoms with Gasteiger partial charge in [0.2, 0.25) is 5.72 Å². The van der Waals surface area contributed by atoms with Crippen LogP contribution in [0.5, 0.6) is 5.75 Å². The molecule has 0 N–H and O–H groups in total. The van der Waals surface area contributed by atoms with Gasteiger partial charge in [0.15, 0.2) is 0 Å². The zero-order valence-corrected chi connectivity index (χ0v) is 15.5. The SMILES string of the molecule is Cc1cc(C2=NC3(Oc4ccccc42)C(C)CCCC3C)cnc1C. The number of hydrogen-bond acceptors (Lipinski definition) is 3. The van der Waals surface area contributed by atoms with Crippen LogP contribution in [0.15, 0.2) is 41.5 Å². The molecule has 1 spiro atoms. The van der Waals surface area contributed by atoms with Gasteiger partial charge in [0.25, 0.3) is 0 Å². The molecule has 2 atom stereocenters. The van der Waals surface area contributed by atoms with E-state index in [1.807, 2.05) is 19.2 Å². The van der Waals surface area contributed by atoms with Crippen LogP contribution in [-0.2, 0) is 0 Å². The molecule has 25 heavy (non-hydrogen) atoms. The molecule has 1 aromatic heterocycles. The Morgan fingerprint density at radius 3 is 2.52 bits per heavy atom. The second-order valence-corrected chi connectivity index (χ2v) is 7.67. The molecule has 3 nitrogen and oxygen atoms in total. The summed E-state index contributed by atoms with van der Waals surface area (Å²) in [4.78, 5) is 9.85. The maximum Gasteiger partial charge on any atom is 0.205 e. The number of aryl methyl sites for hydroxylation is 2. The Balaban J connectivity index is 1.92. The molecule has 2 unspecified atom stereocenters. The molecule has 0 radical (unpaired) electrons. The highest BCUT2D eigenvalue weighted by molar-refractivity contribution is 6.15. The van der Waals surface area contributed by atoms with Crippen molar-refractivity contribution in [1.29, 1.82) is 0 Å². The number of pyridine rings is 1. The molecule has 2 aliphatic rings. The van der Waals surface area contributed by atoms with Crippen molar-refractivity contribution >= 4 is 5.71 Å². The summed E-state index contributed by atoms with van der Waals surface area (Å²) >= 11 is 0. The minimum absolute atomic E-state index is 0.402. The predicted octanol–water partition coefficient (Wildman–Crippen LogP) is 5.08. The minimum Gasteiger partial charge on any atom is -0.465 e. The lowest BCUT2D eigenvalue weighted by Crippen LogP contribution is -2.51. The highest BCUT2D eigenvalue weighted by atomic mass is 16.5. The van der Waals surface area contributed by atoms with Gasteiger partial charge in [-0.25, -0.2) is 4.99 Å². The second kappa shape index (κ2) is 5.98. The Labute approximate surface area is 150 Å². The van der Waals surface area contributed by atoms with Crippen LogP contribution in [0, 0.1) is 25.7 Å². The number of ether oxygens (including phenoxy) is 1. The standard InChI is InChI=1S/C22H26N2O/c1-14-12-18(13-23-17(14)4)21-19-10-5-6-11-20(19)25-22(24-21)15(2)8-7-9-16(22)3/h5-6,10-13,15-16H,7-9H2,1-4H3. The lowest BCUT2D eigenvalue weighted by molar-refractivity contribution is -0.0542. The Kier molecular flexibility index (Phi) is 3.90. The quantitative estimate of drug-likeness (QED) is 0.729. The third-order valence-electron chi connectivity index (χ3n) is 6.00. The summed E-state index contributed by atoms with van der Waals surface area (Å²) in [5.74, 6) is 1.75. The van der Waals surface area contributed by atoms with Gasteiger partial charge in [0, 0.05) is 34.9 Å². The van der Waals surface area contributed by atoms with Crippen molar-refractivity contribution in [2.75, 3.05) is 0 Å². The first kappa shape index (κ1) is 16.3. The van der Waals surface area contributed by atoms with Crippen LogP contribution in [0.2, 0.25) is 0 Å². The molecule has 2 heterocycles. The first-order valence-corrected chi connectivity index (χ1v) is 9.33. The van der Waals surface area contributed by atoms with Gasteiger partial charge in [-0.1, -0.05) is 32.4 Å². The van der Waals surface area contributed by atoms with Crippen LogP contribution >= 0.6 is 0 Å². The van der Waals surface area contributed by atoms with Gasteiger partial charge in [-0.05, 0) is 50.5 Å². The normalized spacial score (nSPS) is 28.2. The summed E-state index contributed by atoms with van der Waals surface area (Å²) in [7, 11) is 0. The van der Waals surface area contributed by atoms with E-state index in [-0.39, 0.29) is 0 Å². The number of aromatic nitrogens is 1. The molecule has 1 aliphatic heterocycles. The smallest absolute Gasteiger partial charge is 0.205 e. The second-order valence-electron chi connectivity index (χ2n) is 7.67. The molecule has 1 fully saturated rings. The van der Waals surface area contributed by atoms with E-state index in [2.05, 4.69) is 50.0 Å². The van der Waals surface area contributed by atoms with Gasteiger partial charge in [-0.15, -0.1) is 0 Å². The van der Waals surface area contributed by atoms with Crippen molar-refractivity contribution < 1.29 is 4.74 Å². The monoisotopic (exact) mass is 334 g/mol. The average molecular weight is 334 g/mol. The van der Waals surface area contributed by atoms with Crippen molar-refractivity contribution in [2.24, 2.45) is 16.8 Å². The highest BCUT2D eigenvalue weighted by Crippen LogP contribution is 2.46. The molecule has 1 aliphatic carbocycles. The van der Waals surface area contributed by atoms with E-state index in [9.17, 15) is 0 Å². The van der Waals surface area contributed by atoms with E-state index in [4.69, 9.17) is 9.73 Å². The van der Waals surface area contributed by atoms with Crippen molar-refractivity contribution in [3.8, 4) is 5.75 Å². The van der Waals surface area contributed by atoms with Crippen LogP contribution in [0.1, 0.15) is 55.5 Å². The molecular formula is C22H26N2O. The fourth-order valence-corrected chi connectivity index (χ4v) is 4.23. The molecule has 0 bridgehead atoms. The number of nitrogens with zero attached hydrogens (tertiary/aromatic N) is 2. The van der Waals surface area contributed by atoms with Crippen LogP contribution < -0.4 is 4.74 Å². The largest absolute Gasteiger partial charge is 0.465 e. The lowest BCUT2D eigenvalue weighted by atomic mass is 9.74. The van der Waals surface area contributed by atoms with E-state index in [0.717, 1.165) is 41.1 Å². The molecule has 2 aromatic rings. The van der Waals surface area contributed by atoms with Crippen LogP contribution in [-0.4, -0.2) is 16.4 Å². The van der Waals surface area contributed by atoms with E-state index >= 15 is 0 Å². The molecule has 3 heteroatoms. The Morgan fingerprint density at radius 1 is 1.08 bits per heavy atom. The number of aliphatic imine (C=N–C) groups is 1. The summed E-state index contributed by atoms with van der Waals surface area (Å²) in [6.07, 6.45) is 5.53. The van der Waals surface area contributed by atoms with Crippen molar-refractivity contribution in [3.05, 3.63) is 58.9 Å². The topological polar surface area (TPSA) is 34.5 Å². The molecule has 1 saturated carbocycles. The first-order valence-electron chi connectivity index (χ1n) is 9.33. The zero-order valence-electron chi connectivity index (χ0n) is 15.5. The van der Waals surface area contributed by atoms with Gasteiger partial charge in [0.05, 0.1) is 5.71 Å². The van der Waals surface area contributed by atoms with Gasteiger partial charge in [-0.2, -0.15) is 0 Å². The van der Waals surface area contributed by atoms with E-state index in [1.165, 1.54) is 12.0 Å². The average Bonchev–Trinajstić information content (AvgIpc) is 2.61. The van der Waals surface area contributed by atoms with E-state index in [1.54, 1.807) is 0 Å². The predicted molar refractivity (Wildman–Crippen MR) is 101 cm³/mol. The molecule has 0 amide bonds. The Hall–Kier alpha value is -2.16. The van der Waals surface area contributed by atoms with Crippen molar-refractivity contribution in [1.82, 2.24) is 4.98 Å². The van der Waals surface area contributed by atoms with Crippen LogP contribution in [0.4, 0.5) is 0 Å². The van der Waals surface area contributed by atoms with E-state index < -0.39 is 5.72 Å². The lowest BCUT2D eigenvalue weighted by Gasteiger charge is -2.46. The molecule has 130 valence electrons. The minimum atomic E-state index is -0.458. The number of hydrogen-bond donors (Lipinski definition) is 0. The Bertz CT molecular complexity index is 830. The molecule has 0 saturated heterocycles. The summed E-state index contributed by atoms with van der Waals surface area (Å²) < 4.78 is 6.58. The highest BCUT2D eigenvalue weighted by Gasteiger charge is 2.48.